The molecule has 2 aliphatic heterocycles. The van der Waals surface area contributed by atoms with Crippen molar-refractivity contribution in [3.05, 3.63) is 88.0 Å². The number of rotatable bonds is 3. The van der Waals surface area contributed by atoms with Gasteiger partial charge in [-0.2, -0.15) is 0 Å². The molecule has 1 N–H and O–H groups in total. The maximum absolute atomic E-state index is 6.53. The number of benzene rings is 2. The first kappa shape index (κ1) is 19.9. The molecule has 2 aromatic carbocycles. The Balaban J connectivity index is 1.68. The average molecular weight is 451 g/mol. The highest BCUT2D eigenvalue weighted by Gasteiger charge is 2.32. The number of nitrogens with zero attached hydrogens (tertiary/aromatic N) is 3. The van der Waals surface area contributed by atoms with E-state index in [1.807, 2.05) is 23.2 Å². The summed E-state index contributed by atoms with van der Waals surface area (Å²) in [5.74, 6) is 0.722. The van der Waals surface area contributed by atoms with Crippen molar-refractivity contribution in [2.24, 2.45) is 4.99 Å². The van der Waals surface area contributed by atoms with Crippen LogP contribution in [0.5, 0.6) is 0 Å². The second-order valence-corrected chi connectivity index (χ2v) is 8.42. The molecule has 0 saturated heterocycles. The number of hydrazine groups is 1. The monoisotopic (exact) mass is 450 g/mol. The van der Waals surface area contributed by atoms with Crippen molar-refractivity contribution in [3.8, 4) is 11.3 Å². The van der Waals surface area contributed by atoms with Crippen molar-refractivity contribution in [1.82, 2.24) is 10.4 Å². The minimum atomic E-state index is 0.534. The number of nitrogens with one attached hydrogen (secondary N) is 1. The number of aromatic nitrogens is 1. The quantitative estimate of drug-likeness (QED) is 0.498. The van der Waals surface area contributed by atoms with Crippen LogP contribution in [0.15, 0.2) is 76.2 Å². The van der Waals surface area contributed by atoms with E-state index in [-0.39, 0.29) is 0 Å². The van der Waals surface area contributed by atoms with Gasteiger partial charge < -0.3 is 4.42 Å². The van der Waals surface area contributed by atoms with Gasteiger partial charge in [-0.25, -0.2) is 4.98 Å². The number of halogens is 2. The fraction of sp³-hybridized carbons (Fsp3) is 0.167. The molecule has 31 heavy (non-hydrogen) atoms. The molecule has 0 bridgehead atoms. The molecule has 0 radical (unpaired) electrons. The molecule has 0 atom stereocenters. The van der Waals surface area contributed by atoms with Gasteiger partial charge in [0.1, 0.15) is 5.69 Å². The first-order valence-electron chi connectivity index (χ1n) is 10.0. The molecule has 0 saturated carbocycles. The van der Waals surface area contributed by atoms with Gasteiger partial charge in [0.2, 0.25) is 0 Å². The Morgan fingerprint density at radius 2 is 1.90 bits per heavy atom. The maximum atomic E-state index is 6.53. The van der Waals surface area contributed by atoms with Crippen LogP contribution in [0.4, 0.5) is 5.69 Å². The van der Waals surface area contributed by atoms with Crippen molar-refractivity contribution >= 4 is 40.3 Å². The van der Waals surface area contributed by atoms with Crippen molar-refractivity contribution in [1.29, 1.82) is 0 Å². The molecule has 0 fully saturated rings. The second-order valence-electron chi connectivity index (χ2n) is 7.61. The van der Waals surface area contributed by atoms with Crippen molar-refractivity contribution in [2.45, 2.75) is 19.8 Å². The first-order valence-corrected chi connectivity index (χ1v) is 10.8. The number of aliphatic imine (C=N–C) groups is 1. The number of oxazole rings is 1. The van der Waals surface area contributed by atoms with E-state index < -0.39 is 0 Å². The number of para-hydroxylation sites is 1. The molecular formula is C24H20Cl2N4O. The van der Waals surface area contributed by atoms with E-state index in [0.717, 1.165) is 64.5 Å². The number of fused-ring (bicyclic) bond motifs is 1. The van der Waals surface area contributed by atoms with E-state index in [0.29, 0.717) is 15.7 Å². The van der Waals surface area contributed by atoms with Crippen LogP contribution in [-0.4, -0.2) is 17.2 Å². The molecule has 3 heterocycles. The lowest BCUT2D eigenvalue weighted by molar-refractivity contribution is 0.572. The highest BCUT2D eigenvalue weighted by Crippen LogP contribution is 2.40. The summed E-state index contributed by atoms with van der Waals surface area (Å²) in [6, 6.07) is 11.8. The molecule has 1 aromatic heterocycles. The van der Waals surface area contributed by atoms with Gasteiger partial charge in [0.05, 0.1) is 33.3 Å². The van der Waals surface area contributed by atoms with E-state index in [1.54, 1.807) is 6.20 Å². The van der Waals surface area contributed by atoms with Gasteiger partial charge in [0.15, 0.2) is 12.2 Å². The zero-order chi connectivity index (χ0) is 21.5. The SMILES string of the molecule is C=C1C2=NCCCC2=C(c2cc(C)cc(-c3cnco3)c2)NN1c1c(Cl)cccc1Cl. The van der Waals surface area contributed by atoms with Crippen LogP contribution in [-0.2, 0) is 0 Å². The van der Waals surface area contributed by atoms with Crippen LogP contribution in [0.1, 0.15) is 24.0 Å². The largest absolute Gasteiger partial charge is 0.444 e. The lowest BCUT2D eigenvalue weighted by Gasteiger charge is -2.38. The van der Waals surface area contributed by atoms with Crippen LogP contribution in [0, 0.1) is 6.92 Å². The van der Waals surface area contributed by atoms with E-state index in [2.05, 4.69) is 42.1 Å². The number of hydrogen-bond acceptors (Lipinski definition) is 5. The highest BCUT2D eigenvalue weighted by molar-refractivity contribution is 6.39. The zero-order valence-corrected chi connectivity index (χ0v) is 18.5. The third kappa shape index (κ3) is 3.54. The van der Waals surface area contributed by atoms with E-state index in [1.165, 1.54) is 6.39 Å². The minimum Gasteiger partial charge on any atom is -0.444 e. The summed E-state index contributed by atoms with van der Waals surface area (Å²) in [6.45, 7) is 7.13. The fourth-order valence-corrected chi connectivity index (χ4v) is 4.65. The topological polar surface area (TPSA) is 53.7 Å². The van der Waals surface area contributed by atoms with Crippen LogP contribution in [0.2, 0.25) is 10.0 Å². The van der Waals surface area contributed by atoms with Crippen LogP contribution in [0.25, 0.3) is 17.0 Å². The Bertz CT molecular complexity index is 1220. The molecule has 0 aliphatic carbocycles. The summed E-state index contributed by atoms with van der Waals surface area (Å²) in [4.78, 5) is 8.86. The van der Waals surface area contributed by atoms with Gasteiger partial charge in [-0.05, 0) is 55.7 Å². The molecular weight excluding hydrogens is 431 g/mol. The lowest BCUT2D eigenvalue weighted by Crippen LogP contribution is -2.45. The molecule has 0 unspecified atom stereocenters. The maximum Gasteiger partial charge on any atom is 0.181 e. The van der Waals surface area contributed by atoms with E-state index >= 15 is 0 Å². The second kappa shape index (κ2) is 7.91. The molecule has 156 valence electrons. The van der Waals surface area contributed by atoms with E-state index in [9.17, 15) is 0 Å². The average Bonchev–Trinajstić information content (AvgIpc) is 3.30. The standard InChI is InChI=1S/C24H20Cl2N4O/c1-14-9-16(21-12-27-13-31-21)11-17(10-14)23-18-5-4-8-28-22(18)15(2)30(29-23)24-19(25)6-3-7-20(24)26/h3,6-7,9-13,29H,2,4-5,8H2,1H3. The van der Waals surface area contributed by atoms with Gasteiger partial charge in [-0.15, -0.1) is 0 Å². The lowest BCUT2D eigenvalue weighted by atomic mass is 9.91. The summed E-state index contributed by atoms with van der Waals surface area (Å²) in [5, 5.41) is 2.91. The summed E-state index contributed by atoms with van der Waals surface area (Å²) in [6.07, 6.45) is 5.06. The smallest absolute Gasteiger partial charge is 0.181 e. The number of anilines is 1. The first-order chi connectivity index (χ1) is 15.0. The molecule has 3 aromatic rings. The van der Waals surface area contributed by atoms with Crippen molar-refractivity contribution in [2.75, 3.05) is 11.6 Å². The summed E-state index contributed by atoms with van der Waals surface area (Å²) in [7, 11) is 0. The predicted molar refractivity (Wildman–Crippen MR) is 126 cm³/mol. The van der Waals surface area contributed by atoms with Crippen LogP contribution >= 0.6 is 23.2 Å². The Hall–Kier alpha value is -3.02. The Morgan fingerprint density at radius 1 is 1.13 bits per heavy atom. The molecule has 5 rings (SSSR count). The van der Waals surface area contributed by atoms with E-state index in [4.69, 9.17) is 32.6 Å². The highest BCUT2D eigenvalue weighted by atomic mass is 35.5. The minimum absolute atomic E-state index is 0.534. The predicted octanol–water partition coefficient (Wildman–Crippen LogP) is 6.44. The molecule has 0 amide bonds. The number of allylic oxidation sites excluding steroid dienone is 1. The summed E-state index contributed by atoms with van der Waals surface area (Å²) < 4.78 is 5.53. The Kier molecular flexibility index (Phi) is 5.08. The van der Waals surface area contributed by atoms with Gasteiger partial charge in [-0.1, -0.05) is 35.8 Å². The summed E-state index contributed by atoms with van der Waals surface area (Å²) >= 11 is 13.1. The third-order valence-corrected chi connectivity index (χ3v) is 6.06. The Labute approximate surface area is 190 Å². The van der Waals surface area contributed by atoms with Crippen LogP contribution in [0.3, 0.4) is 0 Å². The zero-order valence-electron chi connectivity index (χ0n) is 17.0. The molecule has 2 aliphatic rings. The normalized spacial score (nSPS) is 16.2. The number of hydrogen-bond donors (Lipinski definition) is 1. The molecule has 0 spiro atoms. The number of aryl methyl sites for hydroxylation is 1. The molecule has 5 nitrogen and oxygen atoms in total. The van der Waals surface area contributed by atoms with Gasteiger partial charge in [-0.3, -0.25) is 15.4 Å². The molecule has 7 heteroatoms. The van der Waals surface area contributed by atoms with Gasteiger partial charge >= 0.3 is 0 Å². The van der Waals surface area contributed by atoms with Crippen molar-refractivity contribution in [3.63, 3.8) is 0 Å². The Morgan fingerprint density at radius 3 is 2.65 bits per heavy atom. The summed E-state index contributed by atoms with van der Waals surface area (Å²) in [5.41, 5.74) is 11.0. The van der Waals surface area contributed by atoms with Crippen LogP contribution < -0.4 is 10.4 Å². The fourth-order valence-electron chi connectivity index (χ4n) is 4.08. The third-order valence-electron chi connectivity index (χ3n) is 5.45. The van der Waals surface area contributed by atoms with Gasteiger partial charge in [0, 0.05) is 23.2 Å². The van der Waals surface area contributed by atoms with Crippen molar-refractivity contribution < 1.29 is 4.42 Å². The van der Waals surface area contributed by atoms with Gasteiger partial charge in [0.25, 0.3) is 0 Å².